The highest BCUT2D eigenvalue weighted by atomic mass is 79.9. The Morgan fingerprint density at radius 2 is 1.93 bits per heavy atom. The maximum atomic E-state index is 13.0. The van der Waals surface area contributed by atoms with E-state index in [1.807, 2.05) is 25.1 Å². The largest absolute Gasteiger partial charge is 0.326 e. The van der Waals surface area contributed by atoms with Gasteiger partial charge < -0.3 is 10.2 Å². The summed E-state index contributed by atoms with van der Waals surface area (Å²) in [4.78, 5) is 25.8. The van der Waals surface area contributed by atoms with Crippen LogP contribution in [0.2, 0.25) is 0 Å². The molecule has 3 rings (SSSR count). The van der Waals surface area contributed by atoms with Crippen LogP contribution in [-0.4, -0.2) is 32.5 Å². The number of hydrogen-bond donors (Lipinski definition) is 1. The highest BCUT2D eigenvalue weighted by Crippen LogP contribution is 2.38. The Morgan fingerprint density at radius 1 is 1.21 bits per heavy atom. The van der Waals surface area contributed by atoms with Crippen molar-refractivity contribution >= 4 is 49.0 Å². The minimum Gasteiger partial charge on any atom is -0.326 e. The van der Waals surface area contributed by atoms with E-state index in [2.05, 4.69) is 21.2 Å². The molecule has 0 unspecified atom stereocenters. The van der Waals surface area contributed by atoms with Gasteiger partial charge in [0.15, 0.2) is 9.84 Å². The number of fused-ring (bicyclic) bond motifs is 1. The molecule has 0 fully saturated rings. The number of anilines is 2. The topological polar surface area (TPSA) is 83.6 Å². The van der Waals surface area contributed by atoms with Crippen molar-refractivity contribution in [2.75, 3.05) is 22.5 Å². The van der Waals surface area contributed by atoms with Crippen molar-refractivity contribution in [1.82, 2.24) is 0 Å². The molecule has 2 aromatic rings. The molecule has 0 saturated heterocycles. The number of benzene rings is 2. The van der Waals surface area contributed by atoms with Gasteiger partial charge in [0.05, 0.1) is 16.3 Å². The summed E-state index contributed by atoms with van der Waals surface area (Å²) in [6, 6.07) is 10.7. The van der Waals surface area contributed by atoms with Gasteiger partial charge in [-0.1, -0.05) is 34.1 Å². The Morgan fingerprint density at radius 3 is 2.61 bits per heavy atom. The maximum absolute atomic E-state index is 13.0. The molecule has 6 nitrogen and oxygen atoms in total. The van der Waals surface area contributed by atoms with Crippen molar-refractivity contribution < 1.29 is 18.0 Å². The first-order chi connectivity index (χ1) is 13.2. The van der Waals surface area contributed by atoms with E-state index in [1.54, 1.807) is 12.1 Å². The van der Waals surface area contributed by atoms with Gasteiger partial charge in [-0.2, -0.15) is 0 Å². The van der Waals surface area contributed by atoms with Crippen molar-refractivity contribution in [1.29, 1.82) is 0 Å². The number of carbonyl (C=O) groups is 2. The fourth-order valence-corrected chi connectivity index (χ4v) is 5.46. The number of halogens is 1. The van der Waals surface area contributed by atoms with Gasteiger partial charge >= 0.3 is 0 Å². The third-order valence-electron chi connectivity index (χ3n) is 4.73. The molecule has 1 N–H and O–H groups in total. The molecule has 0 aromatic heterocycles. The van der Waals surface area contributed by atoms with Gasteiger partial charge in [0.25, 0.3) is 0 Å². The van der Waals surface area contributed by atoms with E-state index in [0.29, 0.717) is 28.8 Å². The smallest absolute Gasteiger partial charge is 0.225 e. The summed E-state index contributed by atoms with van der Waals surface area (Å²) >= 11 is 3.35. The molecule has 2 aromatic carbocycles. The van der Waals surface area contributed by atoms with Crippen LogP contribution in [0.15, 0.2) is 45.8 Å². The number of hydrogen-bond acceptors (Lipinski definition) is 4. The molecule has 1 aliphatic rings. The zero-order valence-electron chi connectivity index (χ0n) is 15.7. The van der Waals surface area contributed by atoms with Crippen molar-refractivity contribution in [2.45, 2.75) is 31.6 Å². The minimum atomic E-state index is -3.76. The molecule has 28 heavy (non-hydrogen) atoms. The average molecular weight is 465 g/mol. The SMILES string of the molecule is CC(=O)N1CCc2cc(Br)cc(S(=O)(=O)CCC(=O)Nc3ccccc3C)c21. The van der Waals surface area contributed by atoms with Crippen LogP contribution in [0.4, 0.5) is 11.4 Å². The quantitative estimate of drug-likeness (QED) is 0.733. The summed E-state index contributed by atoms with van der Waals surface area (Å²) in [6.45, 7) is 3.74. The number of para-hydroxylation sites is 1. The Kier molecular flexibility index (Phi) is 5.90. The molecule has 0 spiro atoms. The monoisotopic (exact) mass is 464 g/mol. The van der Waals surface area contributed by atoms with Crippen molar-refractivity contribution in [3.8, 4) is 0 Å². The van der Waals surface area contributed by atoms with Gasteiger partial charge in [-0.05, 0) is 42.7 Å². The number of amides is 2. The third kappa shape index (κ3) is 4.28. The molecule has 148 valence electrons. The van der Waals surface area contributed by atoms with E-state index < -0.39 is 9.84 Å². The number of carbonyl (C=O) groups excluding carboxylic acids is 2. The van der Waals surface area contributed by atoms with E-state index in [9.17, 15) is 18.0 Å². The zero-order valence-corrected chi connectivity index (χ0v) is 18.1. The van der Waals surface area contributed by atoms with Gasteiger partial charge in [0.1, 0.15) is 0 Å². The van der Waals surface area contributed by atoms with E-state index in [0.717, 1.165) is 11.1 Å². The predicted octanol–water partition coefficient (Wildman–Crippen LogP) is 3.47. The van der Waals surface area contributed by atoms with Gasteiger partial charge in [0.2, 0.25) is 11.8 Å². The lowest BCUT2D eigenvalue weighted by molar-refractivity contribution is -0.117. The number of aryl methyl sites for hydroxylation is 1. The van der Waals surface area contributed by atoms with Gasteiger partial charge in [-0.3, -0.25) is 9.59 Å². The van der Waals surface area contributed by atoms with Crippen LogP contribution >= 0.6 is 15.9 Å². The summed E-state index contributed by atoms with van der Waals surface area (Å²) in [5.41, 5.74) is 2.82. The fourth-order valence-electron chi connectivity index (χ4n) is 3.28. The Labute approximate surface area is 173 Å². The third-order valence-corrected chi connectivity index (χ3v) is 6.91. The first-order valence-electron chi connectivity index (χ1n) is 8.88. The van der Waals surface area contributed by atoms with Gasteiger partial charge in [-0.15, -0.1) is 0 Å². The number of nitrogens with zero attached hydrogens (tertiary/aromatic N) is 1. The summed E-state index contributed by atoms with van der Waals surface area (Å²) in [5, 5.41) is 2.75. The maximum Gasteiger partial charge on any atom is 0.225 e. The van der Waals surface area contributed by atoms with Crippen molar-refractivity contribution in [2.24, 2.45) is 0 Å². The normalized spacial score (nSPS) is 13.3. The second-order valence-corrected chi connectivity index (χ2v) is 9.76. The highest BCUT2D eigenvalue weighted by molar-refractivity contribution is 9.10. The van der Waals surface area contributed by atoms with Gasteiger partial charge in [-0.25, -0.2) is 8.42 Å². The molecule has 1 heterocycles. The van der Waals surface area contributed by atoms with E-state index in [1.165, 1.54) is 17.9 Å². The van der Waals surface area contributed by atoms with E-state index in [4.69, 9.17) is 0 Å². The summed E-state index contributed by atoms with van der Waals surface area (Å²) in [6.07, 6.45) is 0.433. The number of nitrogens with one attached hydrogen (secondary N) is 1. The highest BCUT2D eigenvalue weighted by Gasteiger charge is 2.31. The van der Waals surface area contributed by atoms with Crippen molar-refractivity contribution in [3.63, 3.8) is 0 Å². The number of sulfone groups is 1. The summed E-state index contributed by atoms with van der Waals surface area (Å²) in [7, 11) is -3.76. The minimum absolute atomic E-state index is 0.0910. The molecule has 0 bridgehead atoms. The van der Waals surface area contributed by atoms with Crippen LogP contribution in [0.25, 0.3) is 0 Å². The first-order valence-corrected chi connectivity index (χ1v) is 11.3. The standard InChI is InChI=1S/C20H21BrN2O4S/c1-13-5-3-4-6-17(13)22-19(25)8-10-28(26,27)18-12-16(21)11-15-7-9-23(14(2)24)20(15)18/h3-6,11-12H,7-10H2,1-2H3,(H,22,25). The molecule has 0 radical (unpaired) electrons. The molecule has 0 aliphatic carbocycles. The average Bonchev–Trinajstić information content (AvgIpc) is 3.05. The molecule has 1 aliphatic heterocycles. The van der Waals surface area contributed by atoms with Crippen LogP contribution in [0.5, 0.6) is 0 Å². The number of rotatable bonds is 5. The molecule has 0 atom stereocenters. The molecule has 0 saturated carbocycles. The van der Waals surface area contributed by atoms with Crippen LogP contribution < -0.4 is 10.2 Å². The lowest BCUT2D eigenvalue weighted by Gasteiger charge is -2.19. The molecular formula is C20H21BrN2O4S. The van der Waals surface area contributed by atoms with Crippen molar-refractivity contribution in [3.05, 3.63) is 52.0 Å². The first kappa shape index (κ1) is 20.5. The van der Waals surface area contributed by atoms with Crippen LogP contribution in [0.3, 0.4) is 0 Å². The lowest BCUT2D eigenvalue weighted by atomic mass is 10.2. The van der Waals surface area contributed by atoms with Crippen LogP contribution in [0.1, 0.15) is 24.5 Å². The van der Waals surface area contributed by atoms with E-state index in [-0.39, 0.29) is 28.9 Å². The Bertz CT molecular complexity index is 1050. The second-order valence-electron chi connectivity index (χ2n) is 6.76. The lowest BCUT2D eigenvalue weighted by Crippen LogP contribution is -2.27. The van der Waals surface area contributed by atoms with Gasteiger partial charge in [0, 0.05) is 30.0 Å². The molecule has 8 heteroatoms. The fraction of sp³-hybridized carbons (Fsp3) is 0.300. The van der Waals surface area contributed by atoms with Crippen LogP contribution in [-0.2, 0) is 25.8 Å². The van der Waals surface area contributed by atoms with Crippen LogP contribution in [0, 0.1) is 6.92 Å². The van der Waals surface area contributed by atoms with E-state index >= 15 is 0 Å². The summed E-state index contributed by atoms with van der Waals surface area (Å²) in [5.74, 6) is -0.901. The Balaban J connectivity index is 1.81. The summed E-state index contributed by atoms with van der Waals surface area (Å²) < 4.78 is 26.6. The Hall–Kier alpha value is -2.19. The second kappa shape index (κ2) is 8.05. The molecular weight excluding hydrogens is 444 g/mol. The molecule has 2 amide bonds. The zero-order chi connectivity index (χ0) is 20.5. The predicted molar refractivity (Wildman–Crippen MR) is 112 cm³/mol.